The summed E-state index contributed by atoms with van der Waals surface area (Å²) in [4.78, 5) is 1.31. The maximum atomic E-state index is 5.77. The van der Waals surface area contributed by atoms with Crippen LogP contribution in [0, 0.1) is 5.41 Å². The molecule has 1 aliphatic rings. The second-order valence-electron chi connectivity index (χ2n) is 5.39. The number of hydrogen-bond donors (Lipinski definition) is 1. The van der Waals surface area contributed by atoms with E-state index in [1.54, 1.807) is 11.3 Å². The number of rotatable bonds is 7. The van der Waals surface area contributed by atoms with E-state index in [-0.39, 0.29) is 5.41 Å². The van der Waals surface area contributed by atoms with Crippen molar-refractivity contribution in [3.8, 4) is 0 Å². The van der Waals surface area contributed by atoms with E-state index < -0.39 is 0 Å². The zero-order valence-electron chi connectivity index (χ0n) is 10.2. The molecule has 0 spiro atoms. The normalized spacial score (nSPS) is 16.6. The third-order valence-electron chi connectivity index (χ3n) is 2.76. The Balaban J connectivity index is 1.62. The molecule has 0 amide bonds. The van der Waals surface area contributed by atoms with E-state index in [9.17, 15) is 0 Å². The van der Waals surface area contributed by atoms with Crippen LogP contribution in [-0.2, 0) is 11.3 Å². The van der Waals surface area contributed by atoms with Crippen LogP contribution in [0.4, 0.5) is 0 Å². The smallest absolute Gasteiger partial charge is 0.0809 e. The van der Waals surface area contributed by atoms with Crippen molar-refractivity contribution < 1.29 is 4.74 Å². The standard InChI is InChI=1S/C13H21NOS/c1-13(2,9-14-11-5-6-11)10-15-8-12-4-3-7-16-12/h3-4,7,11,14H,5-6,8-10H2,1-2H3. The van der Waals surface area contributed by atoms with Crippen LogP contribution >= 0.6 is 11.3 Å². The van der Waals surface area contributed by atoms with Gasteiger partial charge in [-0.25, -0.2) is 0 Å². The fourth-order valence-corrected chi connectivity index (χ4v) is 2.22. The Kier molecular flexibility index (Phi) is 4.00. The van der Waals surface area contributed by atoms with Crippen molar-refractivity contribution in [3.05, 3.63) is 22.4 Å². The van der Waals surface area contributed by atoms with Crippen LogP contribution < -0.4 is 5.32 Å². The summed E-state index contributed by atoms with van der Waals surface area (Å²) in [6, 6.07) is 4.99. The Hall–Kier alpha value is -0.380. The van der Waals surface area contributed by atoms with Crippen LogP contribution in [0.15, 0.2) is 17.5 Å². The Morgan fingerprint density at radius 3 is 2.94 bits per heavy atom. The molecule has 3 heteroatoms. The zero-order valence-corrected chi connectivity index (χ0v) is 11.0. The average Bonchev–Trinajstić information content (AvgIpc) is 2.93. The van der Waals surface area contributed by atoms with E-state index >= 15 is 0 Å². The molecule has 1 aromatic heterocycles. The first-order valence-electron chi connectivity index (χ1n) is 5.99. The lowest BCUT2D eigenvalue weighted by Gasteiger charge is -2.24. The fraction of sp³-hybridized carbons (Fsp3) is 0.692. The lowest BCUT2D eigenvalue weighted by molar-refractivity contribution is 0.0525. The average molecular weight is 239 g/mol. The number of hydrogen-bond acceptors (Lipinski definition) is 3. The highest BCUT2D eigenvalue weighted by atomic mass is 32.1. The highest BCUT2D eigenvalue weighted by Crippen LogP contribution is 2.22. The fourth-order valence-electron chi connectivity index (χ4n) is 1.58. The number of ether oxygens (including phenoxy) is 1. The molecule has 90 valence electrons. The third-order valence-corrected chi connectivity index (χ3v) is 3.61. The summed E-state index contributed by atoms with van der Waals surface area (Å²) >= 11 is 1.76. The monoisotopic (exact) mass is 239 g/mol. The van der Waals surface area contributed by atoms with Gasteiger partial charge in [0.15, 0.2) is 0 Å². The second kappa shape index (κ2) is 5.30. The predicted molar refractivity (Wildman–Crippen MR) is 68.8 cm³/mol. The summed E-state index contributed by atoms with van der Waals surface area (Å²) in [5.41, 5.74) is 0.236. The Labute approximate surface area is 102 Å². The lowest BCUT2D eigenvalue weighted by Crippen LogP contribution is -2.34. The largest absolute Gasteiger partial charge is 0.375 e. The van der Waals surface area contributed by atoms with E-state index in [1.165, 1.54) is 17.7 Å². The Morgan fingerprint density at radius 2 is 2.31 bits per heavy atom. The molecule has 0 atom stereocenters. The third kappa shape index (κ3) is 4.24. The van der Waals surface area contributed by atoms with Crippen molar-refractivity contribution in [1.82, 2.24) is 5.32 Å². The van der Waals surface area contributed by atoms with Crippen molar-refractivity contribution in [2.45, 2.75) is 39.3 Å². The minimum atomic E-state index is 0.236. The summed E-state index contributed by atoms with van der Waals surface area (Å²) in [5, 5.41) is 5.66. The molecule has 1 aliphatic carbocycles. The van der Waals surface area contributed by atoms with Gasteiger partial charge < -0.3 is 10.1 Å². The minimum absolute atomic E-state index is 0.236. The Morgan fingerprint density at radius 1 is 1.50 bits per heavy atom. The highest BCUT2D eigenvalue weighted by Gasteiger charge is 2.25. The molecule has 1 N–H and O–H groups in total. The molecule has 0 unspecified atom stereocenters. The first kappa shape index (κ1) is 12.1. The molecule has 16 heavy (non-hydrogen) atoms. The van der Waals surface area contributed by atoms with Gasteiger partial charge in [0.1, 0.15) is 0 Å². The maximum Gasteiger partial charge on any atom is 0.0809 e. The molecule has 0 radical (unpaired) electrons. The van der Waals surface area contributed by atoms with Crippen molar-refractivity contribution in [2.75, 3.05) is 13.2 Å². The van der Waals surface area contributed by atoms with Crippen molar-refractivity contribution in [1.29, 1.82) is 0 Å². The molecule has 0 aromatic carbocycles. The van der Waals surface area contributed by atoms with Crippen LogP contribution in [0.1, 0.15) is 31.6 Å². The first-order valence-corrected chi connectivity index (χ1v) is 6.87. The SMILES string of the molecule is CC(C)(CNC1CC1)COCc1cccs1. The summed E-state index contributed by atoms with van der Waals surface area (Å²) in [6.07, 6.45) is 2.71. The van der Waals surface area contributed by atoms with Crippen LogP contribution in [0.25, 0.3) is 0 Å². The van der Waals surface area contributed by atoms with E-state index in [1.807, 2.05) is 0 Å². The molecular formula is C13H21NOS. The van der Waals surface area contributed by atoms with Crippen LogP contribution in [0.3, 0.4) is 0 Å². The van der Waals surface area contributed by atoms with Crippen LogP contribution in [0.5, 0.6) is 0 Å². The molecule has 1 saturated carbocycles. The van der Waals surface area contributed by atoms with E-state index in [4.69, 9.17) is 4.74 Å². The zero-order chi connectivity index (χ0) is 11.4. The highest BCUT2D eigenvalue weighted by molar-refractivity contribution is 7.09. The van der Waals surface area contributed by atoms with E-state index in [0.717, 1.165) is 25.8 Å². The van der Waals surface area contributed by atoms with Gasteiger partial charge in [0, 0.05) is 22.9 Å². The van der Waals surface area contributed by atoms with Gasteiger partial charge in [-0.2, -0.15) is 0 Å². The maximum absolute atomic E-state index is 5.77. The van der Waals surface area contributed by atoms with Gasteiger partial charge in [-0.1, -0.05) is 19.9 Å². The summed E-state index contributed by atoms with van der Waals surface area (Å²) in [6.45, 7) is 7.16. The van der Waals surface area contributed by atoms with Crippen molar-refractivity contribution in [2.24, 2.45) is 5.41 Å². The number of thiophene rings is 1. The molecule has 1 fully saturated rings. The quantitative estimate of drug-likeness (QED) is 0.789. The van der Waals surface area contributed by atoms with Gasteiger partial charge in [0.25, 0.3) is 0 Å². The molecule has 0 aliphatic heterocycles. The molecule has 0 saturated heterocycles. The van der Waals surface area contributed by atoms with Gasteiger partial charge in [0.05, 0.1) is 13.2 Å². The van der Waals surface area contributed by atoms with Gasteiger partial charge in [-0.15, -0.1) is 11.3 Å². The second-order valence-corrected chi connectivity index (χ2v) is 6.42. The molecule has 1 aromatic rings. The minimum Gasteiger partial charge on any atom is -0.375 e. The molecular weight excluding hydrogens is 218 g/mol. The van der Waals surface area contributed by atoms with Gasteiger partial charge in [-0.3, -0.25) is 0 Å². The topological polar surface area (TPSA) is 21.3 Å². The van der Waals surface area contributed by atoms with Gasteiger partial charge >= 0.3 is 0 Å². The first-order chi connectivity index (χ1) is 7.66. The molecule has 2 nitrogen and oxygen atoms in total. The molecule has 0 bridgehead atoms. The summed E-state index contributed by atoms with van der Waals surface area (Å²) in [5.74, 6) is 0. The molecule has 2 rings (SSSR count). The Bertz CT molecular complexity index is 304. The van der Waals surface area contributed by atoms with Crippen LogP contribution in [0.2, 0.25) is 0 Å². The summed E-state index contributed by atoms with van der Waals surface area (Å²) in [7, 11) is 0. The van der Waals surface area contributed by atoms with Crippen molar-refractivity contribution >= 4 is 11.3 Å². The van der Waals surface area contributed by atoms with E-state index in [0.29, 0.717) is 0 Å². The predicted octanol–water partition coefficient (Wildman–Crippen LogP) is 3.04. The lowest BCUT2D eigenvalue weighted by atomic mass is 9.95. The number of nitrogens with one attached hydrogen (secondary N) is 1. The van der Waals surface area contributed by atoms with Crippen molar-refractivity contribution in [3.63, 3.8) is 0 Å². The summed E-state index contributed by atoms with van der Waals surface area (Å²) < 4.78 is 5.77. The van der Waals surface area contributed by atoms with E-state index in [2.05, 4.69) is 36.7 Å². The molecule has 1 heterocycles. The van der Waals surface area contributed by atoms with Gasteiger partial charge in [-0.05, 0) is 24.3 Å². The van der Waals surface area contributed by atoms with Crippen LogP contribution in [-0.4, -0.2) is 19.2 Å². The van der Waals surface area contributed by atoms with Gasteiger partial charge in [0.2, 0.25) is 0 Å².